The fourth-order valence-electron chi connectivity index (χ4n) is 5.04. The van der Waals surface area contributed by atoms with Gasteiger partial charge in [-0.15, -0.1) is 0 Å². The van der Waals surface area contributed by atoms with Gasteiger partial charge in [0.2, 0.25) is 0 Å². The van der Waals surface area contributed by atoms with E-state index in [4.69, 9.17) is 9.47 Å². The molecule has 6 heteroatoms. The fourth-order valence-corrected chi connectivity index (χ4v) is 5.04. The van der Waals surface area contributed by atoms with Crippen LogP contribution in [-0.2, 0) is 19.1 Å². The Morgan fingerprint density at radius 2 is 0.804 bits per heavy atom. The van der Waals surface area contributed by atoms with Crippen molar-refractivity contribution in [1.82, 2.24) is 0 Å². The molecule has 0 aliphatic heterocycles. The third-order valence-electron chi connectivity index (χ3n) is 8.16. The number of ether oxygens (including phenoxy) is 2. The van der Waals surface area contributed by atoms with Crippen LogP contribution in [0.5, 0.6) is 0 Å². The molecule has 0 radical (unpaired) electrons. The minimum atomic E-state index is -0.361. The average Bonchev–Trinajstić information content (AvgIpc) is 3.03. The Morgan fingerprint density at radius 3 is 1.11 bits per heavy atom. The number of aliphatic imine (C=N–C) groups is 2. The Morgan fingerprint density at radius 1 is 0.522 bits per heavy atom. The van der Waals surface area contributed by atoms with Crippen molar-refractivity contribution in [3.63, 3.8) is 0 Å². The SMILES string of the molecule is CCCCCCCCCCCC(=O)OCC(C)(C)/C=N/c1ccc(/N=C/C(C)(C)COC(=O)CCCCCCCCCCC)cc1. The van der Waals surface area contributed by atoms with Crippen LogP contribution in [-0.4, -0.2) is 37.6 Å². The van der Waals surface area contributed by atoms with E-state index in [0.29, 0.717) is 26.1 Å². The lowest BCUT2D eigenvalue weighted by Crippen LogP contribution is -2.23. The summed E-state index contributed by atoms with van der Waals surface area (Å²) >= 11 is 0. The van der Waals surface area contributed by atoms with Gasteiger partial charge in [0, 0.05) is 36.1 Å². The quantitative estimate of drug-likeness (QED) is 0.0518. The third-order valence-corrected chi connectivity index (χ3v) is 8.16. The van der Waals surface area contributed by atoms with Gasteiger partial charge < -0.3 is 9.47 Å². The molecule has 1 aromatic rings. The maximum absolute atomic E-state index is 12.2. The predicted molar refractivity (Wildman–Crippen MR) is 196 cm³/mol. The van der Waals surface area contributed by atoms with Gasteiger partial charge in [-0.1, -0.05) is 144 Å². The first-order valence-corrected chi connectivity index (χ1v) is 18.6. The van der Waals surface area contributed by atoms with Crippen molar-refractivity contribution in [1.29, 1.82) is 0 Å². The molecule has 0 saturated carbocycles. The number of hydrogen-bond donors (Lipinski definition) is 0. The van der Waals surface area contributed by atoms with Crippen molar-refractivity contribution in [3.05, 3.63) is 24.3 Å². The van der Waals surface area contributed by atoms with Crippen LogP contribution in [0.25, 0.3) is 0 Å². The molecule has 0 aromatic heterocycles. The van der Waals surface area contributed by atoms with Gasteiger partial charge in [0.25, 0.3) is 0 Å². The van der Waals surface area contributed by atoms with E-state index >= 15 is 0 Å². The minimum absolute atomic E-state index is 0.122. The summed E-state index contributed by atoms with van der Waals surface area (Å²) in [6.45, 7) is 13.2. The average molecular weight is 641 g/mol. The summed E-state index contributed by atoms with van der Waals surface area (Å²) < 4.78 is 11.1. The highest BCUT2D eigenvalue weighted by atomic mass is 16.5. The highest BCUT2D eigenvalue weighted by Gasteiger charge is 2.19. The Balaban J connectivity index is 2.29. The monoisotopic (exact) mass is 641 g/mol. The number of benzene rings is 1. The predicted octanol–water partition coefficient (Wildman–Crippen LogP) is 12.1. The number of esters is 2. The number of nitrogens with zero attached hydrogens (tertiary/aromatic N) is 2. The lowest BCUT2D eigenvalue weighted by molar-refractivity contribution is -0.146. The molecule has 0 N–H and O–H groups in total. The highest BCUT2D eigenvalue weighted by Crippen LogP contribution is 2.23. The topological polar surface area (TPSA) is 77.3 Å². The van der Waals surface area contributed by atoms with E-state index in [9.17, 15) is 9.59 Å². The number of carbonyl (C=O) groups excluding carboxylic acids is 2. The number of hydrogen-bond acceptors (Lipinski definition) is 6. The molecule has 262 valence electrons. The van der Waals surface area contributed by atoms with E-state index in [0.717, 1.165) is 37.1 Å². The van der Waals surface area contributed by atoms with Crippen LogP contribution in [0.3, 0.4) is 0 Å². The van der Waals surface area contributed by atoms with Gasteiger partial charge in [-0.2, -0.15) is 0 Å². The summed E-state index contributed by atoms with van der Waals surface area (Å²) in [6.07, 6.45) is 26.9. The molecule has 0 bridgehead atoms. The van der Waals surface area contributed by atoms with Gasteiger partial charge in [-0.3, -0.25) is 19.6 Å². The Bertz CT molecular complexity index is 902. The molecule has 0 aliphatic carbocycles. The Labute approximate surface area is 282 Å². The van der Waals surface area contributed by atoms with Gasteiger partial charge in [0.1, 0.15) is 13.2 Å². The molecule has 1 aromatic carbocycles. The molecule has 0 spiro atoms. The van der Waals surface area contributed by atoms with E-state index in [2.05, 4.69) is 23.8 Å². The number of carbonyl (C=O) groups is 2. The van der Waals surface area contributed by atoms with Crippen molar-refractivity contribution < 1.29 is 19.1 Å². The van der Waals surface area contributed by atoms with Crippen LogP contribution in [0.2, 0.25) is 0 Å². The van der Waals surface area contributed by atoms with Crippen molar-refractivity contribution >= 4 is 35.7 Å². The van der Waals surface area contributed by atoms with Gasteiger partial charge in [-0.25, -0.2) is 0 Å². The zero-order valence-electron chi connectivity index (χ0n) is 30.5. The van der Waals surface area contributed by atoms with Crippen LogP contribution in [0, 0.1) is 10.8 Å². The summed E-state index contributed by atoms with van der Waals surface area (Å²) in [5.41, 5.74) is 0.913. The molecule has 0 heterocycles. The molecule has 0 amide bonds. The van der Waals surface area contributed by atoms with Crippen LogP contribution in [0.15, 0.2) is 34.3 Å². The number of unbranched alkanes of at least 4 members (excludes halogenated alkanes) is 16. The van der Waals surface area contributed by atoms with E-state index in [1.54, 1.807) is 0 Å². The molecular formula is C40H68N2O4. The fraction of sp³-hybridized carbons (Fsp3) is 0.750. The zero-order valence-corrected chi connectivity index (χ0v) is 30.5. The molecule has 1 rings (SSSR count). The maximum Gasteiger partial charge on any atom is 0.305 e. The second-order valence-corrected chi connectivity index (χ2v) is 14.5. The van der Waals surface area contributed by atoms with Crippen molar-refractivity contribution in [2.24, 2.45) is 20.8 Å². The Kier molecular flexibility index (Phi) is 23.1. The summed E-state index contributed by atoms with van der Waals surface area (Å²) in [6, 6.07) is 7.70. The van der Waals surface area contributed by atoms with Gasteiger partial charge >= 0.3 is 11.9 Å². The molecule has 0 fully saturated rings. The van der Waals surface area contributed by atoms with E-state index in [1.165, 1.54) is 89.9 Å². The Hall–Kier alpha value is -2.50. The van der Waals surface area contributed by atoms with E-state index in [1.807, 2.05) is 64.4 Å². The molecular weight excluding hydrogens is 572 g/mol. The van der Waals surface area contributed by atoms with Gasteiger partial charge in [0.05, 0.1) is 11.4 Å². The lowest BCUT2D eigenvalue weighted by Gasteiger charge is -2.19. The maximum atomic E-state index is 12.2. The van der Waals surface area contributed by atoms with Crippen LogP contribution >= 0.6 is 0 Å². The van der Waals surface area contributed by atoms with Crippen LogP contribution in [0.4, 0.5) is 11.4 Å². The third kappa shape index (κ3) is 23.8. The molecule has 0 saturated heterocycles. The largest absolute Gasteiger partial charge is 0.465 e. The molecule has 46 heavy (non-hydrogen) atoms. The molecule has 0 atom stereocenters. The standard InChI is InChI=1S/C40H68N2O4/c1-7-9-11-13-15-17-19-21-23-25-37(43)45-33-39(3,4)31-41-35-27-29-36(30-28-35)42-32-40(5,6)34-46-38(44)26-24-22-20-18-16-14-12-10-8-2/h27-32H,7-26,33-34H2,1-6H3/b41-31+,42-32+. The minimum Gasteiger partial charge on any atom is -0.465 e. The van der Waals surface area contributed by atoms with Crippen molar-refractivity contribution in [3.8, 4) is 0 Å². The smallest absolute Gasteiger partial charge is 0.305 e. The lowest BCUT2D eigenvalue weighted by atomic mass is 9.96. The number of rotatable bonds is 28. The molecule has 6 nitrogen and oxygen atoms in total. The molecule has 0 unspecified atom stereocenters. The normalized spacial score (nSPS) is 12.3. The second kappa shape index (κ2) is 25.6. The second-order valence-electron chi connectivity index (χ2n) is 14.5. The van der Waals surface area contributed by atoms with Crippen LogP contribution in [0.1, 0.15) is 170 Å². The van der Waals surface area contributed by atoms with Gasteiger partial charge in [0.15, 0.2) is 0 Å². The summed E-state index contributed by atoms with van der Waals surface area (Å²) in [7, 11) is 0. The first-order valence-electron chi connectivity index (χ1n) is 18.6. The zero-order chi connectivity index (χ0) is 33.9. The summed E-state index contributed by atoms with van der Waals surface area (Å²) in [5.74, 6) is -0.244. The van der Waals surface area contributed by atoms with Crippen molar-refractivity contribution in [2.75, 3.05) is 13.2 Å². The van der Waals surface area contributed by atoms with E-state index < -0.39 is 0 Å². The first kappa shape index (κ1) is 41.5. The summed E-state index contributed by atoms with van der Waals surface area (Å²) in [5, 5.41) is 0. The van der Waals surface area contributed by atoms with Crippen LogP contribution < -0.4 is 0 Å². The highest BCUT2D eigenvalue weighted by molar-refractivity contribution is 5.73. The van der Waals surface area contributed by atoms with Gasteiger partial charge in [-0.05, 0) is 37.1 Å². The van der Waals surface area contributed by atoms with E-state index in [-0.39, 0.29) is 22.8 Å². The first-order chi connectivity index (χ1) is 22.1. The van der Waals surface area contributed by atoms with Crippen molar-refractivity contribution in [2.45, 2.75) is 170 Å². The molecule has 0 aliphatic rings. The summed E-state index contributed by atoms with van der Waals surface area (Å²) in [4.78, 5) is 33.6.